The van der Waals surface area contributed by atoms with Crippen LogP contribution >= 0.6 is 0 Å². The van der Waals surface area contributed by atoms with Gasteiger partial charge in [-0.25, -0.2) is 4.39 Å². The molecule has 1 saturated heterocycles. The van der Waals surface area contributed by atoms with Crippen LogP contribution in [0.15, 0.2) is 42.5 Å². The maximum Gasteiger partial charge on any atom is 0.238 e. The first-order valence-corrected chi connectivity index (χ1v) is 9.74. The number of para-hydroxylation sites is 1. The van der Waals surface area contributed by atoms with Crippen LogP contribution in [0, 0.1) is 12.7 Å². The predicted molar refractivity (Wildman–Crippen MR) is 111 cm³/mol. The Morgan fingerprint density at radius 3 is 2.68 bits per heavy atom. The number of rotatable bonds is 8. The summed E-state index contributed by atoms with van der Waals surface area (Å²) in [6.45, 7) is 5.30. The number of amides is 1. The molecule has 1 fully saturated rings. The maximum atomic E-state index is 13.5. The second kappa shape index (κ2) is 9.55. The summed E-state index contributed by atoms with van der Waals surface area (Å²) in [4.78, 5) is 16.6. The molecular weight excluding hydrogens is 357 g/mol. The van der Waals surface area contributed by atoms with E-state index < -0.39 is 0 Å². The first kappa shape index (κ1) is 20.1. The van der Waals surface area contributed by atoms with Gasteiger partial charge < -0.3 is 15.0 Å². The van der Waals surface area contributed by atoms with E-state index in [0.29, 0.717) is 13.2 Å². The fourth-order valence-corrected chi connectivity index (χ4v) is 3.35. The standard InChI is InChI=1S/C22H28FN3O2/c1-17-15-18(26-11-5-6-12-26)9-10-20(17)24-22(27)16-25(2)13-14-28-21-8-4-3-7-19(21)23/h3-4,7-10,15H,5-6,11-14,16H2,1-2H3,(H,24,27). The number of ether oxygens (including phenoxy) is 1. The lowest BCUT2D eigenvalue weighted by molar-refractivity contribution is -0.117. The van der Waals surface area contributed by atoms with Crippen LogP contribution in [-0.2, 0) is 4.79 Å². The fraction of sp³-hybridized carbons (Fsp3) is 0.409. The van der Waals surface area contributed by atoms with Crippen LogP contribution in [-0.4, -0.2) is 50.6 Å². The molecule has 0 radical (unpaired) electrons. The van der Waals surface area contributed by atoms with Crippen molar-refractivity contribution in [3.05, 3.63) is 53.8 Å². The van der Waals surface area contributed by atoms with Crippen molar-refractivity contribution in [1.29, 1.82) is 0 Å². The molecule has 0 saturated carbocycles. The summed E-state index contributed by atoms with van der Waals surface area (Å²) in [6, 6.07) is 12.5. The van der Waals surface area contributed by atoms with Gasteiger partial charge in [-0.2, -0.15) is 0 Å². The van der Waals surface area contributed by atoms with Crippen molar-refractivity contribution in [2.45, 2.75) is 19.8 Å². The third-order valence-electron chi connectivity index (χ3n) is 4.94. The number of nitrogens with one attached hydrogen (secondary N) is 1. The average molecular weight is 385 g/mol. The molecule has 0 atom stereocenters. The number of carbonyl (C=O) groups excluding carboxylic acids is 1. The van der Waals surface area contributed by atoms with Gasteiger partial charge in [0.05, 0.1) is 6.54 Å². The Morgan fingerprint density at radius 1 is 1.21 bits per heavy atom. The second-order valence-electron chi connectivity index (χ2n) is 7.26. The van der Waals surface area contributed by atoms with Gasteiger partial charge in [-0.15, -0.1) is 0 Å². The predicted octanol–water partition coefficient (Wildman–Crippen LogP) is 3.68. The number of nitrogens with zero attached hydrogens (tertiary/aromatic N) is 2. The Hall–Kier alpha value is -2.60. The topological polar surface area (TPSA) is 44.8 Å². The van der Waals surface area contributed by atoms with Crippen LogP contribution in [0.5, 0.6) is 5.75 Å². The molecule has 0 bridgehead atoms. The molecule has 28 heavy (non-hydrogen) atoms. The van der Waals surface area contributed by atoms with Crippen LogP contribution in [0.25, 0.3) is 0 Å². The Kier molecular flexibility index (Phi) is 6.87. The number of anilines is 2. The molecule has 5 nitrogen and oxygen atoms in total. The highest BCUT2D eigenvalue weighted by molar-refractivity contribution is 5.93. The lowest BCUT2D eigenvalue weighted by Crippen LogP contribution is -2.33. The summed E-state index contributed by atoms with van der Waals surface area (Å²) in [7, 11) is 1.84. The molecule has 1 amide bonds. The van der Waals surface area contributed by atoms with E-state index in [1.54, 1.807) is 18.2 Å². The Balaban J connectivity index is 1.45. The molecule has 6 heteroatoms. The zero-order chi connectivity index (χ0) is 19.9. The van der Waals surface area contributed by atoms with Crippen LogP contribution in [0.4, 0.5) is 15.8 Å². The van der Waals surface area contributed by atoms with Crippen molar-refractivity contribution in [1.82, 2.24) is 4.90 Å². The average Bonchev–Trinajstić information content (AvgIpc) is 3.19. The van der Waals surface area contributed by atoms with Gasteiger partial charge in [0.2, 0.25) is 5.91 Å². The van der Waals surface area contributed by atoms with Crippen molar-refractivity contribution in [3.63, 3.8) is 0 Å². The minimum absolute atomic E-state index is 0.0783. The molecule has 2 aromatic carbocycles. The highest BCUT2D eigenvalue weighted by atomic mass is 19.1. The van der Waals surface area contributed by atoms with Crippen LogP contribution < -0.4 is 15.0 Å². The Morgan fingerprint density at radius 2 is 1.96 bits per heavy atom. The van der Waals surface area contributed by atoms with Crippen molar-refractivity contribution in [3.8, 4) is 5.75 Å². The van der Waals surface area contributed by atoms with Gasteiger partial charge in [0, 0.05) is 31.0 Å². The van der Waals surface area contributed by atoms with E-state index in [0.717, 1.165) is 24.3 Å². The Bertz CT molecular complexity index is 806. The quantitative estimate of drug-likeness (QED) is 0.753. The molecule has 0 spiro atoms. The minimum Gasteiger partial charge on any atom is -0.489 e. The monoisotopic (exact) mass is 385 g/mol. The summed E-state index contributed by atoms with van der Waals surface area (Å²) in [5.74, 6) is -0.227. The molecule has 150 valence electrons. The largest absolute Gasteiger partial charge is 0.489 e. The van der Waals surface area contributed by atoms with E-state index in [1.807, 2.05) is 24.9 Å². The smallest absolute Gasteiger partial charge is 0.238 e. The van der Waals surface area contributed by atoms with Crippen molar-refractivity contribution >= 4 is 17.3 Å². The fourth-order valence-electron chi connectivity index (χ4n) is 3.35. The zero-order valence-electron chi connectivity index (χ0n) is 16.6. The highest BCUT2D eigenvalue weighted by Crippen LogP contribution is 2.25. The Labute approximate surface area is 166 Å². The summed E-state index contributed by atoms with van der Waals surface area (Å²) in [5, 5.41) is 2.98. The molecule has 0 aromatic heterocycles. The van der Waals surface area contributed by atoms with Gasteiger partial charge in [0.15, 0.2) is 11.6 Å². The normalized spacial score (nSPS) is 13.8. The SMILES string of the molecule is Cc1cc(N2CCCC2)ccc1NC(=O)CN(C)CCOc1ccccc1F. The lowest BCUT2D eigenvalue weighted by atomic mass is 10.1. The third kappa shape index (κ3) is 5.45. The number of benzene rings is 2. The first-order chi connectivity index (χ1) is 13.5. The summed E-state index contributed by atoms with van der Waals surface area (Å²) in [6.07, 6.45) is 2.48. The number of carbonyl (C=O) groups is 1. The number of hydrogen-bond donors (Lipinski definition) is 1. The van der Waals surface area contributed by atoms with Crippen LogP contribution in [0.1, 0.15) is 18.4 Å². The zero-order valence-corrected chi connectivity index (χ0v) is 16.6. The molecule has 1 heterocycles. The molecule has 1 aliphatic rings. The summed E-state index contributed by atoms with van der Waals surface area (Å²) >= 11 is 0. The number of likely N-dealkylation sites (N-methyl/N-ethyl adjacent to an activating group) is 1. The minimum atomic E-state index is -0.379. The number of aryl methyl sites for hydroxylation is 1. The highest BCUT2D eigenvalue weighted by Gasteiger charge is 2.14. The molecule has 3 rings (SSSR count). The summed E-state index contributed by atoms with van der Waals surface area (Å²) in [5.41, 5.74) is 3.11. The second-order valence-corrected chi connectivity index (χ2v) is 7.26. The molecular formula is C22H28FN3O2. The van der Waals surface area contributed by atoms with Gasteiger partial charge >= 0.3 is 0 Å². The molecule has 2 aromatic rings. The third-order valence-corrected chi connectivity index (χ3v) is 4.94. The van der Waals surface area contributed by atoms with Crippen molar-refractivity contribution in [2.24, 2.45) is 0 Å². The van der Waals surface area contributed by atoms with Gasteiger partial charge in [0.25, 0.3) is 0 Å². The molecule has 0 unspecified atom stereocenters. The summed E-state index contributed by atoms with van der Waals surface area (Å²) < 4.78 is 19.0. The van der Waals surface area contributed by atoms with Gasteiger partial charge in [-0.1, -0.05) is 12.1 Å². The number of hydrogen-bond acceptors (Lipinski definition) is 4. The van der Waals surface area contributed by atoms with E-state index in [4.69, 9.17) is 4.74 Å². The van der Waals surface area contributed by atoms with Gasteiger partial charge in [0.1, 0.15) is 6.61 Å². The van der Waals surface area contributed by atoms with Crippen LogP contribution in [0.3, 0.4) is 0 Å². The molecule has 0 aliphatic carbocycles. The van der Waals surface area contributed by atoms with E-state index in [9.17, 15) is 9.18 Å². The van der Waals surface area contributed by atoms with Crippen molar-refractivity contribution < 1.29 is 13.9 Å². The lowest BCUT2D eigenvalue weighted by Gasteiger charge is -2.20. The van der Waals surface area contributed by atoms with Crippen molar-refractivity contribution in [2.75, 3.05) is 50.1 Å². The van der Waals surface area contributed by atoms with E-state index in [-0.39, 0.29) is 24.0 Å². The van der Waals surface area contributed by atoms with Gasteiger partial charge in [-0.05, 0) is 62.7 Å². The van der Waals surface area contributed by atoms with E-state index >= 15 is 0 Å². The van der Waals surface area contributed by atoms with E-state index in [2.05, 4.69) is 22.3 Å². The van der Waals surface area contributed by atoms with Gasteiger partial charge in [-0.3, -0.25) is 9.69 Å². The van der Waals surface area contributed by atoms with Crippen LogP contribution in [0.2, 0.25) is 0 Å². The maximum absolute atomic E-state index is 13.5. The molecule has 1 N–H and O–H groups in total. The first-order valence-electron chi connectivity index (χ1n) is 9.74. The molecule has 1 aliphatic heterocycles. The number of halogens is 1. The van der Waals surface area contributed by atoms with E-state index in [1.165, 1.54) is 24.6 Å².